The molecule has 0 aromatic rings. The lowest BCUT2D eigenvalue weighted by Gasteiger charge is -2.55. The van der Waals surface area contributed by atoms with Crippen LogP contribution in [0.4, 0.5) is 0 Å². The van der Waals surface area contributed by atoms with Gasteiger partial charge in [0.25, 0.3) is 0 Å². The molecule has 0 bridgehead atoms. The summed E-state index contributed by atoms with van der Waals surface area (Å²) < 4.78 is 0. The molecule has 2 N–H and O–H groups in total. The second-order valence-electron chi connectivity index (χ2n) is 6.98. The fourth-order valence-electron chi connectivity index (χ4n) is 4.20. The van der Waals surface area contributed by atoms with Gasteiger partial charge in [0.1, 0.15) is 0 Å². The van der Waals surface area contributed by atoms with E-state index in [0.717, 1.165) is 24.9 Å². The first-order chi connectivity index (χ1) is 8.48. The molecule has 0 aromatic carbocycles. The maximum Gasteiger partial charge on any atom is 0.0461 e. The summed E-state index contributed by atoms with van der Waals surface area (Å²) in [5.41, 5.74) is 6.45. The molecule has 2 aliphatic rings. The topological polar surface area (TPSA) is 32.5 Å². The van der Waals surface area contributed by atoms with E-state index in [-0.39, 0.29) is 5.54 Å². The molecular formula is C15H31N3. The van der Waals surface area contributed by atoms with Crippen LogP contribution in [0.2, 0.25) is 0 Å². The van der Waals surface area contributed by atoms with E-state index in [2.05, 4.69) is 37.6 Å². The van der Waals surface area contributed by atoms with Crippen LogP contribution in [0.15, 0.2) is 0 Å². The van der Waals surface area contributed by atoms with Crippen LogP contribution in [0.5, 0.6) is 0 Å². The number of hydrogen-bond acceptors (Lipinski definition) is 3. The first-order valence-corrected chi connectivity index (χ1v) is 7.64. The van der Waals surface area contributed by atoms with E-state index in [0.29, 0.717) is 6.04 Å². The standard InChI is InChI=1S/C15H31N3/c1-12-8-13(2)14(3)18(9-12)15(10-16)6-5-7-17(4)11-15/h12-14H,5-11,16H2,1-4H3. The van der Waals surface area contributed by atoms with E-state index in [1.165, 1.54) is 32.4 Å². The molecule has 3 nitrogen and oxygen atoms in total. The minimum absolute atomic E-state index is 0.232. The van der Waals surface area contributed by atoms with Gasteiger partial charge in [0.2, 0.25) is 0 Å². The quantitative estimate of drug-likeness (QED) is 0.814. The van der Waals surface area contributed by atoms with Crippen LogP contribution in [-0.2, 0) is 0 Å². The summed E-state index contributed by atoms with van der Waals surface area (Å²) in [6, 6.07) is 0.677. The fourth-order valence-corrected chi connectivity index (χ4v) is 4.20. The molecule has 4 unspecified atom stereocenters. The van der Waals surface area contributed by atoms with Gasteiger partial charge in [-0.05, 0) is 51.6 Å². The highest BCUT2D eigenvalue weighted by Gasteiger charge is 2.44. The Hall–Kier alpha value is -0.120. The van der Waals surface area contributed by atoms with Gasteiger partial charge in [0.05, 0.1) is 0 Å². The van der Waals surface area contributed by atoms with Gasteiger partial charge in [0, 0.05) is 31.2 Å². The Morgan fingerprint density at radius 3 is 2.61 bits per heavy atom. The Labute approximate surface area is 113 Å². The lowest BCUT2D eigenvalue weighted by Crippen LogP contribution is -2.67. The summed E-state index contributed by atoms with van der Waals surface area (Å²) in [5, 5.41) is 0. The van der Waals surface area contributed by atoms with Crippen LogP contribution in [0.1, 0.15) is 40.0 Å². The fraction of sp³-hybridized carbons (Fsp3) is 1.00. The van der Waals surface area contributed by atoms with E-state index in [1.807, 2.05) is 0 Å². The summed E-state index contributed by atoms with van der Waals surface area (Å²) in [6.07, 6.45) is 3.94. The highest BCUT2D eigenvalue weighted by Crippen LogP contribution is 2.36. The average Bonchev–Trinajstić information content (AvgIpc) is 2.33. The van der Waals surface area contributed by atoms with Gasteiger partial charge in [-0.2, -0.15) is 0 Å². The van der Waals surface area contributed by atoms with Crippen LogP contribution in [0.25, 0.3) is 0 Å². The van der Waals surface area contributed by atoms with Crippen LogP contribution < -0.4 is 5.73 Å². The molecule has 2 heterocycles. The maximum absolute atomic E-state index is 6.22. The molecule has 3 heteroatoms. The SMILES string of the molecule is CC1CC(C)C(C)N(C2(CN)CCCN(C)C2)C1. The Bertz CT molecular complexity index is 281. The van der Waals surface area contributed by atoms with Crippen molar-refractivity contribution in [2.24, 2.45) is 17.6 Å². The van der Waals surface area contributed by atoms with Crippen molar-refractivity contribution in [2.45, 2.75) is 51.6 Å². The average molecular weight is 253 g/mol. The number of likely N-dealkylation sites (N-methyl/N-ethyl adjacent to an activating group) is 1. The molecule has 0 radical (unpaired) electrons. The van der Waals surface area contributed by atoms with Crippen molar-refractivity contribution < 1.29 is 0 Å². The van der Waals surface area contributed by atoms with Gasteiger partial charge in [-0.15, -0.1) is 0 Å². The summed E-state index contributed by atoms with van der Waals surface area (Å²) >= 11 is 0. The Morgan fingerprint density at radius 2 is 2.00 bits per heavy atom. The molecular weight excluding hydrogens is 222 g/mol. The molecule has 4 atom stereocenters. The third kappa shape index (κ3) is 2.59. The van der Waals surface area contributed by atoms with E-state index in [4.69, 9.17) is 5.73 Å². The van der Waals surface area contributed by atoms with Crippen molar-refractivity contribution in [3.05, 3.63) is 0 Å². The summed E-state index contributed by atoms with van der Waals surface area (Å²) in [7, 11) is 2.24. The number of likely N-dealkylation sites (tertiary alicyclic amines) is 2. The molecule has 0 aromatic heterocycles. The lowest BCUT2D eigenvalue weighted by atomic mass is 9.78. The molecule has 106 valence electrons. The van der Waals surface area contributed by atoms with Gasteiger partial charge in [-0.1, -0.05) is 13.8 Å². The van der Waals surface area contributed by atoms with E-state index in [1.54, 1.807) is 0 Å². The first kappa shape index (κ1) is 14.3. The summed E-state index contributed by atoms with van der Waals surface area (Å²) in [6.45, 7) is 11.6. The molecule has 0 spiro atoms. The predicted molar refractivity (Wildman–Crippen MR) is 77.6 cm³/mol. The minimum Gasteiger partial charge on any atom is -0.329 e. The molecule has 2 saturated heterocycles. The molecule has 2 fully saturated rings. The van der Waals surface area contributed by atoms with Crippen molar-refractivity contribution in [2.75, 3.05) is 33.2 Å². The first-order valence-electron chi connectivity index (χ1n) is 7.64. The Morgan fingerprint density at radius 1 is 1.28 bits per heavy atom. The van der Waals surface area contributed by atoms with Crippen LogP contribution in [0.3, 0.4) is 0 Å². The monoisotopic (exact) mass is 253 g/mol. The van der Waals surface area contributed by atoms with Crippen molar-refractivity contribution in [3.8, 4) is 0 Å². The number of nitrogens with two attached hydrogens (primary N) is 1. The molecule has 2 aliphatic heterocycles. The van der Waals surface area contributed by atoms with Gasteiger partial charge in [-0.25, -0.2) is 0 Å². The largest absolute Gasteiger partial charge is 0.329 e. The van der Waals surface area contributed by atoms with E-state index in [9.17, 15) is 0 Å². The van der Waals surface area contributed by atoms with E-state index >= 15 is 0 Å². The zero-order valence-corrected chi connectivity index (χ0v) is 12.7. The predicted octanol–water partition coefficient (Wildman–Crippen LogP) is 1.78. The van der Waals surface area contributed by atoms with Crippen LogP contribution >= 0.6 is 0 Å². The molecule has 0 aliphatic carbocycles. The third-order valence-corrected chi connectivity index (χ3v) is 5.33. The Balaban J connectivity index is 2.19. The number of nitrogens with zero attached hydrogens (tertiary/aromatic N) is 2. The van der Waals surface area contributed by atoms with Gasteiger partial charge in [0.15, 0.2) is 0 Å². The molecule has 0 amide bonds. The van der Waals surface area contributed by atoms with Gasteiger partial charge < -0.3 is 10.6 Å². The second-order valence-corrected chi connectivity index (χ2v) is 6.98. The van der Waals surface area contributed by atoms with Gasteiger partial charge >= 0.3 is 0 Å². The van der Waals surface area contributed by atoms with Crippen LogP contribution in [-0.4, -0.2) is 54.6 Å². The highest BCUT2D eigenvalue weighted by molar-refractivity contribution is 5.01. The van der Waals surface area contributed by atoms with Crippen molar-refractivity contribution in [1.29, 1.82) is 0 Å². The van der Waals surface area contributed by atoms with Crippen molar-refractivity contribution in [1.82, 2.24) is 9.80 Å². The zero-order chi connectivity index (χ0) is 13.3. The van der Waals surface area contributed by atoms with Crippen molar-refractivity contribution in [3.63, 3.8) is 0 Å². The molecule has 2 rings (SSSR count). The molecule has 18 heavy (non-hydrogen) atoms. The third-order valence-electron chi connectivity index (χ3n) is 5.33. The van der Waals surface area contributed by atoms with Crippen LogP contribution in [0, 0.1) is 11.8 Å². The number of rotatable bonds is 2. The zero-order valence-electron chi connectivity index (χ0n) is 12.7. The second kappa shape index (κ2) is 5.48. The lowest BCUT2D eigenvalue weighted by molar-refractivity contribution is -0.0486. The Kier molecular flexibility index (Phi) is 4.35. The summed E-state index contributed by atoms with van der Waals surface area (Å²) in [4.78, 5) is 5.22. The minimum atomic E-state index is 0.232. The summed E-state index contributed by atoms with van der Waals surface area (Å²) in [5.74, 6) is 1.61. The van der Waals surface area contributed by atoms with Crippen molar-refractivity contribution >= 4 is 0 Å². The van der Waals surface area contributed by atoms with E-state index < -0.39 is 0 Å². The number of hydrogen-bond donors (Lipinski definition) is 1. The normalized spacial score (nSPS) is 44.2. The maximum atomic E-state index is 6.22. The highest BCUT2D eigenvalue weighted by atomic mass is 15.3. The molecule has 0 saturated carbocycles. The van der Waals surface area contributed by atoms with Gasteiger partial charge in [-0.3, -0.25) is 4.90 Å². The number of piperidine rings is 2. The smallest absolute Gasteiger partial charge is 0.0461 e.